The fourth-order valence-corrected chi connectivity index (χ4v) is 4.15. The Morgan fingerprint density at radius 3 is 2.25 bits per heavy atom. The van der Waals surface area contributed by atoms with Gasteiger partial charge >= 0.3 is 6.03 Å². The minimum absolute atomic E-state index is 0.0270. The number of rotatable bonds is 6. The van der Waals surface area contributed by atoms with Gasteiger partial charge in [0.25, 0.3) is 5.91 Å². The number of amides is 5. The van der Waals surface area contributed by atoms with Gasteiger partial charge in [-0.3, -0.25) is 19.3 Å². The standard InChI is InChI=1S/C23H25N5O4/c24-22(31)16-6-8-17(9-7-16)25-20(29)14-26-12-10-18(11-13-26)27-15-21(30)28(23(27)32)19-4-2-1-3-5-19/h1-9,18H,10-15H2,(H2,24,31)(H,25,29). The minimum atomic E-state index is -0.518. The molecule has 0 spiro atoms. The average molecular weight is 435 g/mol. The average Bonchev–Trinajstić information content (AvgIpc) is 3.09. The van der Waals surface area contributed by atoms with Crippen LogP contribution in [0.25, 0.3) is 0 Å². The summed E-state index contributed by atoms with van der Waals surface area (Å²) in [7, 11) is 0. The molecule has 2 aromatic rings. The van der Waals surface area contributed by atoms with Gasteiger partial charge in [0.1, 0.15) is 6.54 Å². The van der Waals surface area contributed by atoms with Gasteiger partial charge < -0.3 is 16.0 Å². The van der Waals surface area contributed by atoms with E-state index in [0.717, 1.165) is 0 Å². The van der Waals surface area contributed by atoms with Gasteiger partial charge in [0.2, 0.25) is 11.8 Å². The Hall–Kier alpha value is -3.72. The van der Waals surface area contributed by atoms with E-state index in [1.54, 1.807) is 53.4 Å². The molecule has 5 amide bonds. The molecular formula is C23H25N5O4. The smallest absolute Gasteiger partial charge is 0.332 e. The van der Waals surface area contributed by atoms with Crippen LogP contribution in [0.2, 0.25) is 0 Å². The van der Waals surface area contributed by atoms with Gasteiger partial charge in [0.05, 0.1) is 12.2 Å². The number of imide groups is 1. The zero-order valence-electron chi connectivity index (χ0n) is 17.6. The molecule has 3 N–H and O–H groups in total. The lowest BCUT2D eigenvalue weighted by Gasteiger charge is -2.35. The van der Waals surface area contributed by atoms with E-state index in [-0.39, 0.29) is 37.0 Å². The molecule has 0 unspecified atom stereocenters. The van der Waals surface area contributed by atoms with E-state index in [2.05, 4.69) is 5.32 Å². The lowest BCUT2D eigenvalue weighted by molar-refractivity contribution is -0.117. The van der Waals surface area contributed by atoms with Crippen LogP contribution in [0.5, 0.6) is 0 Å². The van der Waals surface area contributed by atoms with Crippen LogP contribution in [0, 0.1) is 0 Å². The first-order valence-corrected chi connectivity index (χ1v) is 10.5. The quantitative estimate of drug-likeness (QED) is 0.670. The highest BCUT2D eigenvalue weighted by Crippen LogP contribution is 2.26. The maximum atomic E-state index is 12.9. The molecule has 166 valence electrons. The normalized spacial score (nSPS) is 17.6. The van der Waals surface area contributed by atoms with Gasteiger partial charge in [-0.1, -0.05) is 18.2 Å². The van der Waals surface area contributed by atoms with Crippen molar-refractivity contribution in [3.63, 3.8) is 0 Å². The number of piperidine rings is 1. The molecule has 0 saturated carbocycles. The number of hydrogen-bond donors (Lipinski definition) is 2. The van der Waals surface area contributed by atoms with Crippen molar-refractivity contribution in [3.05, 3.63) is 60.2 Å². The molecule has 9 nitrogen and oxygen atoms in total. The molecule has 4 rings (SSSR count). The monoisotopic (exact) mass is 435 g/mol. The molecule has 0 aromatic heterocycles. The van der Waals surface area contributed by atoms with Crippen LogP contribution >= 0.6 is 0 Å². The van der Waals surface area contributed by atoms with Gasteiger partial charge in [-0.25, -0.2) is 9.69 Å². The van der Waals surface area contributed by atoms with Gasteiger partial charge in [-0.15, -0.1) is 0 Å². The number of urea groups is 1. The lowest BCUT2D eigenvalue weighted by atomic mass is 10.0. The van der Waals surface area contributed by atoms with Gasteiger partial charge in [-0.2, -0.15) is 0 Å². The lowest BCUT2D eigenvalue weighted by Crippen LogP contribution is -2.48. The number of nitrogens with two attached hydrogens (primary N) is 1. The predicted octanol–water partition coefficient (Wildman–Crippen LogP) is 1.66. The SMILES string of the molecule is NC(=O)c1ccc(NC(=O)CN2CCC(N3CC(=O)N(c4ccccc4)C3=O)CC2)cc1. The zero-order valence-corrected chi connectivity index (χ0v) is 17.6. The number of para-hydroxylation sites is 1. The summed E-state index contributed by atoms with van der Waals surface area (Å²) in [6.45, 7) is 1.62. The van der Waals surface area contributed by atoms with E-state index in [0.29, 0.717) is 42.9 Å². The minimum Gasteiger partial charge on any atom is -0.366 e. The Bertz CT molecular complexity index is 1020. The topological polar surface area (TPSA) is 116 Å². The summed E-state index contributed by atoms with van der Waals surface area (Å²) >= 11 is 0. The zero-order chi connectivity index (χ0) is 22.7. The van der Waals surface area contributed by atoms with Crippen molar-refractivity contribution in [2.45, 2.75) is 18.9 Å². The summed E-state index contributed by atoms with van der Waals surface area (Å²) in [5, 5.41) is 2.81. The Morgan fingerprint density at radius 1 is 0.969 bits per heavy atom. The number of benzene rings is 2. The summed E-state index contributed by atoms with van der Waals surface area (Å²) in [5.41, 5.74) is 6.78. The van der Waals surface area contributed by atoms with Crippen molar-refractivity contribution < 1.29 is 19.2 Å². The van der Waals surface area contributed by atoms with Crippen LogP contribution < -0.4 is 16.0 Å². The third-order valence-corrected chi connectivity index (χ3v) is 5.82. The molecule has 2 aromatic carbocycles. The second-order valence-electron chi connectivity index (χ2n) is 7.97. The number of likely N-dealkylation sites (tertiary alicyclic amines) is 1. The summed E-state index contributed by atoms with van der Waals surface area (Å²) in [4.78, 5) is 53.7. The Kier molecular flexibility index (Phi) is 6.18. The number of anilines is 2. The summed E-state index contributed by atoms with van der Waals surface area (Å²) < 4.78 is 0. The van der Waals surface area contributed by atoms with Crippen molar-refractivity contribution >= 4 is 35.1 Å². The third-order valence-electron chi connectivity index (χ3n) is 5.82. The first kappa shape index (κ1) is 21.5. The fourth-order valence-electron chi connectivity index (χ4n) is 4.15. The summed E-state index contributed by atoms with van der Waals surface area (Å²) in [5.74, 6) is -0.890. The molecule has 2 aliphatic heterocycles. The highest BCUT2D eigenvalue weighted by molar-refractivity contribution is 6.19. The van der Waals surface area contributed by atoms with Crippen LogP contribution in [0.1, 0.15) is 23.2 Å². The summed E-state index contributed by atoms with van der Waals surface area (Å²) in [6, 6.07) is 15.0. The largest absolute Gasteiger partial charge is 0.366 e. The van der Waals surface area contributed by atoms with Gasteiger partial charge in [-0.05, 0) is 49.2 Å². The number of carbonyl (C=O) groups is 4. The van der Waals surface area contributed by atoms with Crippen LogP contribution in [0.3, 0.4) is 0 Å². The van der Waals surface area contributed by atoms with Gasteiger partial charge in [0.15, 0.2) is 0 Å². The molecule has 0 aliphatic carbocycles. The Balaban J connectivity index is 1.28. The van der Waals surface area contributed by atoms with Crippen molar-refractivity contribution in [3.8, 4) is 0 Å². The molecule has 2 fully saturated rings. The fraction of sp³-hybridized carbons (Fsp3) is 0.304. The second-order valence-corrected chi connectivity index (χ2v) is 7.97. The van der Waals surface area contributed by atoms with Gasteiger partial charge in [0, 0.05) is 30.4 Å². The molecule has 32 heavy (non-hydrogen) atoms. The number of hydrogen-bond acceptors (Lipinski definition) is 5. The molecule has 2 aliphatic rings. The van der Waals surface area contributed by atoms with Crippen LogP contribution in [-0.4, -0.2) is 65.8 Å². The van der Waals surface area contributed by atoms with Crippen LogP contribution in [0.4, 0.5) is 16.2 Å². The van der Waals surface area contributed by atoms with Crippen molar-refractivity contribution in [2.75, 3.05) is 36.4 Å². The first-order valence-electron chi connectivity index (χ1n) is 10.5. The second kappa shape index (κ2) is 9.19. The maximum absolute atomic E-state index is 12.9. The van der Waals surface area contributed by atoms with E-state index in [1.165, 1.54) is 4.90 Å². The van der Waals surface area contributed by atoms with E-state index in [4.69, 9.17) is 5.73 Å². The third kappa shape index (κ3) is 4.62. The summed E-state index contributed by atoms with van der Waals surface area (Å²) in [6.07, 6.45) is 1.39. The van der Waals surface area contributed by atoms with Crippen LogP contribution in [0.15, 0.2) is 54.6 Å². The number of nitrogens with zero attached hydrogens (tertiary/aromatic N) is 3. The Labute approximate surface area is 185 Å². The Morgan fingerprint density at radius 2 is 1.62 bits per heavy atom. The van der Waals surface area contributed by atoms with Crippen molar-refractivity contribution in [2.24, 2.45) is 5.73 Å². The predicted molar refractivity (Wildman–Crippen MR) is 119 cm³/mol. The molecule has 2 heterocycles. The van der Waals surface area contributed by atoms with E-state index in [1.807, 2.05) is 11.0 Å². The highest BCUT2D eigenvalue weighted by Gasteiger charge is 2.41. The number of nitrogens with one attached hydrogen (secondary N) is 1. The molecule has 2 saturated heterocycles. The van der Waals surface area contributed by atoms with Crippen molar-refractivity contribution in [1.29, 1.82) is 0 Å². The van der Waals surface area contributed by atoms with E-state index in [9.17, 15) is 19.2 Å². The van der Waals surface area contributed by atoms with E-state index < -0.39 is 5.91 Å². The van der Waals surface area contributed by atoms with Crippen molar-refractivity contribution in [1.82, 2.24) is 9.80 Å². The molecule has 0 bridgehead atoms. The molecular weight excluding hydrogens is 410 g/mol. The maximum Gasteiger partial charge on any atom is 0.332 e. The molecule has 9 heteroatoms. The molecule has 0 atom stereocenters. The number of carbonyl (C=O) groups excluding carboxylic acids is 4. The molecule has 0 radical (unpaired) electrons. The highest BCUT2D eigenvalue weighted by atomic mass is 16.2. The first-order chi connectivity index (χ1) is 15.4. The number of primary amides is 1. The van der Waals surface area contributed by atoms with E-state index >= 15 is 0 Å². The van der Waals surface area contributed by atoms with Crippen LogP contribution in [-0.2, 0) is 9.59 Å².